The monoisotopic (exact) mass is 302 g/mol. The standard InChI is InChI=1S/C9H14N6O2S2/c1-3-15-5-12-13-6(15)4-11-9-7(19(2,16)17)8(10)14-18-9/h5,11H,3-4H2,1-2H3,(H2,10,14). The number of nitrogens with zero attached hydrogens (tertiary/aromatic N) is 4. The molecule has 0 saturated heterocycles. The van der Waals surface area contributed by atoms with E-state index in [1.54, 1.807) is 6.33 Å². The van der Waals surface area contributed by atoms with Crippen molar-refractivity contribution in [3.63, 3.8) is 0 Å². The molecule has 0 aliphatic heterocycles. The van der Waals surface area contributed by atoms with Crippen LogP contribution in [0.25, 0.3) is 0 Å². The molecule has 0 aromatic carbocycles. The van der Waals surface area contributed by atoms with Crippen LogP contribution in [0.15, 0.2) is 11.2 Å². The first kappa shape index (κ1) is 13.7. The van der Waals surface area contributed by atoms with E-state index in [-0.39, 0.29) is 10.7 Å². The van der Waals surface area contributed by atoms with Crippen molar-refractivity contribution in [1.82, 2.24) is 19.1 Å². The molecule has 3 N–H and O–H groups in total. The lowest BCUT2D eigenvalue weighted by molar-refractivity contribution is 0.602. The van der Waals surface area contributed by atoms with Crippen molar-refractivity contribution in [1.29, 1.82) is 0 Å². The van der Waals surface area contributed by atoms with Gasteiger partial charge in [0.15, 0.2) is 21.5 Å². The van der Waals surface area contributed by atoms with Gasteiger partial charge in [-0.25, -0.2) is 8.42 Å². The number of aromatic nitrogens is 4. The third-order valence-electron chi connectivity index (χ3n) is 2.49. The van der Waals surface area contributed by atoms with Crippen LogP contribution >= 0.6 is 11.5 Å². The van der Waals surface area contributed by atoms with Crippen molar-refractivity contribution in [2.24, 2.45) is 0 Å². The fraction of sp³-hybridized carbons (Fsp3) is 0.444. The Morgan fingerprint density at radius 2 is 2.26 bits per heavy atom. The van der Waals surface area contributed by atoms with Gasteiger partial charge in [-0.3, -0.25) is 0 Å². The molecule has 8 nitrogen and oxygen atoms in total. The number of nitrogens with two attached hydrogens (primary N) is 1. The maximum Gasteiger partial charge on any atom is 0.182 e. The number of nitrogens with one attached hydrogen (secondary N) is 1. The number of anilines is 2. The van der Waals surface area contributed by atoms with Crippen LogP contribution in [0, 0.1) is 0 Å². The van der Waals surface area contributed by atoms with Crippen molar-refractivity contribution < 1.29 is 8.42 Å². The summed E-state index contributed by atoms with van der Waals surface area (Å²) in [6, 6.07) is 0. The lowest BCUT2D eigenvalue weighted by Gasteiger charge is -2.06. The average molecular weight is 302 g/mol. The highest BCUT2D eigenvalue weighted by molar-refractivity contribution is 7.91. The largest absolute Gasteiger partial charge is 0.382 e. The van der Waals surface area contributed by atoms with Crippen LogP contribution in [0.2, 0.25) is 0 Å². The van der Waals surface area contributed by atoms with Crippen molar-refractivity contribution >= 4 is 32.2 Å². The van der Waals surface area contributed by atoms with Crippen LogP contribution in [-0.2, 0) is 22.9 Å². The zero-order valence-corrected chi connectivity index (χ0v) is 12.1. The second kappa shape index (κ2) is 5.13. The van der Waals surface area contributed by atoms with Crippen LogP contribution < -0.4 is 11.1 Å². The molecule has 0 saturated carbocycles. The maximum absolute atomic E-state index is 11.6. The summed E-state index contributed by atoms with van der Waals surface area (Å²) < 4.78 is 29.0. The smallest absolute Gasteiger partial charge is 0.182 e. The number of rotatable bonds is 5. The van der Waals surface area contributed by atoms with Gasteiger partial charge >= 0.3 is 0 Å². The zero-order valence-electron chi connectivity index (χ0n) is 10.5. The van der Waals surface area contributed by atoms with E-state index >= 15 is 0 Å². The SMILES string of the molecule is CCn1cnnc1CNc1snc(N)c1S(C)(=O)=O. The van der Waals surface area contributed by atoms with Gasteiger partial charge in [-0.1, -0.05) is 0 Å². The van der Waals surface area contributed by atoms with Crippen molar-refractivity contribution in [2.45, 2.75) is 24.9 Å². The number of nitrogen functional groups attached to an aromatic ring is 1. The second-order valence-electron chi connectivity index (χ2n) is 3.88. The van der Waals surface area contributed by atoms with Gasteiger partial charge < -0.3 is 15.6 Å². The molecule has 0 atom stereocenters. The van der Waals surface area contributed by atoms with Gasteiger partial charge in [-0.05, 0) is 18.5 Å². The summed E-state index contributed by atoms with van der Waals surface area (Å²) in [5.74, 6) is 0.737. The Balaban J connectivity index is 2.22. The number of aryl methyl sites for hydroxylation is 1. The van der Waals surface area contributed by atoms with E-state index < -0.39 is 9.84 Å². The molecule has 2 aromatic rings. The number of hydrogen-bond acceptors (Lipinski definition) is 8. The summed E-state index contributed by atoms with van der Waals surface area (Å²) in [6.07, 6.45) is 2.72. The lowest BCUT2D eigenvalue weighted by atomic mass is 10.5. The molecule has 0 fully saturated rings. The summed E-state index contributed by atoms with van der Waals surface area (Å²) in [7, 11) is -3.41. The predicted octanol–water partition coefficient (Wildman–Crippen LogP) is 0.352. The Morgan fingerprint density at radius 1 is 1.53 bits per heavy atom. The molecule has 0 spiro atoms. The normalized spacial score (nSPS) is 11.7. The van der Waals surface area contributed by atoms with Crippen molar-refractivity contribution in [3.8, 4) is 0 Å². The molecule has 0 amide bonds. The third kappa shape index (κ3) is 2.84. The first-order chi connectivity index (χ1) is 8.93. The quantitative estimate of drug-likeness (QED) is 0.818. The van der Waals surface area contributed by atoms with E-state index in [2.05, 4.69) is 19.9 Å². The summed E-state index contributed by atoms with van der Waals surface area (Å²) in [5, 5.41) is 11.2. The van der Waals surface area contributed by atoms with Crippen LogP contribution in [0.4, 0.5) is 10.8 Å². The average Bonchev–Trinajstić information content (AvgIpc) is 2.91. The Labute approximate surface area is 114 Å². The Hall–Kier alpha value is -1.68. The van der Waals surface area contributed by atoms with Gasteiger partial charge in [-0.2, -0.15) is 4.37 Å². The predicted molar refractivity (Wildman–Crippen MR) is 72.7 cm³/mol. The Bertz CT molecular complexity index is 675. The Morgan fingerprint density at radius 3 is 2.89 bits per heavy atom. The fourth-order valence-electron chi connectivity index (χ4n) is 1.60. The van der Waals surface area contributed by atoms with E-state index in [4.69, 9.17) is 5.73 Å². The minimum atomic E-state index is -3.41. The van der Waals surface area contributed by atoms with Crippen LogP contribution in [0.3, 0.4) is 0 Å². The topological polar surface area (TPSA) is 116 Å². The third-order valence-corrected chi connectivity index (χ3v) is 4.59. The van der Waals surface area contributed by atoms with Crippen LogP contribution in [0.5, 0.6) is 0 Å². The van der Waals surface area contributed by atoms with Crippen LogP contribution in [0.1, 0.15) is 12.7 Å². The molecule has 2 rings (SSSR count). The second-order valence-corrected chi connectivity index (χ2v) is 6.61. The maximum atomic E-state index is 11.6. The molecular weight excluding hydrogens is 288 g/mol. The molecule has 0 aliphatic carbocycles. The highest BCUT2D eigenvalue weighted by Crippen LogP contribution is 2.31. The number of hydrogen-bond donors (Lipinski definition) is 2. The molecule has 0 unspecified atom stereocenters. The van der Waals surface area contributed by atoms with Gasteiger partial charge in [0.1, 0.15) is 16.2 Å². The van der Waals surface area contributed by atoms with Crippen LogP contribution in [-0.4, -0.2) is 33.8 Å². The van der Waals surface area contributed by atoms with Gasteiger partial charge in [0.05, 0.1) is 6.54 Å². The van der Waals surface area contributed by atoms with Gasteiger partial charge in [0, 0.05) is 12.8 Å². The van der Waals surface area contributed by atoms with Gasteiger partial charge in [0.2, 0.25) is 0 Å². The molecule has 104 valence electrons. The zero-order chi connectivity index (χ0) is 14.0. The highest BCUT2D eigenvalue weighted by atomic mass is 32.2. The van der Waals surface area contributed by atoms with E-state index in [1.807, 2.05) is 11.5 Å². The minimum Gasteiger partial charge on any atom is -0.382 e. The molecule has 0 radical (unpaired) electrons. The summed E-state index contributed by atoms with van der Waals surface area (Å²) in [4.78, 5) is 0.0417. The van der Waals surface area contributed by atoms with E-state index in [0.29, 0.717) is 17.4 Å². The van der Waals surface area contributed by atoms with E-state index in [0.717, 1.165) is 24.3 Å². The molecule has 10 heteroatoms. The van der Waals surface area contributed by atoms with Crippen molar-refractivity contribution in [2.75, 3.05) is 17.3 Å². The first-order valence-electron chi connectivity index (χ1n) is 5.49. The highest BCUT2D eigenvalue weighted by Gasteiger charge is 2.21. The summed E-state index contributed by atoms with van der Waals surface area (Å²) in [5.41, 5.74) is 5.58. The summed E-state index contributed by atoms with van der Waals surface area (Å²) in [6.45, 7) is 3.07. The molecule has 19 heavy (non-hydrogen) atoms. The molecule has 0 aliphatic rings. The molecule has 2 aromatic heterocycles. The van der Waals surface area contributed by atoms with E-state index in [9.17, 15) is 8.42 Å². The minimum absolute atomic E-state index is 0.0203. The molecular formula is C9H14N6O2S2. The Kier molecular flexibility index (Phi) is 3.71. The van der Waals surface area contributed by atoms with Gasteiger partial charge in [-0.15, -0.1) is 10.2 Å². The molecule has 0 bridgehead atoms. The fourth-order valence-corrected chi connectivity index (χ4v) is 3.67. The van der Waals surface area contributed by atoms with Crippen molar-refractivity contribution in [3.05, 3.63) is 12.2 Å². The lowest BCUT2D eigenvalue weighted by Crippen LogP contribution is -2.09. The first-order valence-corrected chi connectivity index (χ1v) is 8.15. The van der Waals surface area contributed by atoms with Gasteiger partial charge in [0.25, 0.3) is 0 Å². The molecule has 2 heterocycles. The number of sulfone groups is 1. The van der Waals surface area contributed by atoms with E-state index in [1.165, 1.54) is 0 Å². The summed E-state index contributed by atoms with van der Waals surface area (Å²) >= 11 is 1.02.